The van der Waals surface area contributed by atoms with Crippen molar-refractivity contribution < 1.29 is 4.79 Å². The molecule has 2 heterocycles. The van der Waals surface area contributed by atoms with Crippen LogP contribution in [0.15, 0.2) is 24.3 Å². The summed E-state index contributed by atoms with van der Waals surface area (Å²) in [4.78, 5) is 15.5. The maximum Gasteiger partial charge on any atom is 0.246 e. The molecular weight excluding hydrogens is 316 g/mol. The van der Waals surface area contributed by atoms with E-state index < -0.39 is 0 Å². The highest BCUT2D eigenvalue weighted by Gasteiger charge is 2.27. The lowest BCUT2D eigenvalue weighted by molar-refractivity contribution is -0.132. The Morgan fingerprint density at radius 3 is 2.78 bits per heavy atom. The predicted molar refractivity (Wildman–Crippen MR) is 89.0 cm³/mol. The number of nitrogens with zero attached hydrogens (tertiary/aromatic N) is 5. The zero-order chi connectivity index (χ0) is 15.5. The summed E-state index contributed by atoms with van der Waals surface area (Å²) < 4.78 is 0. The molecule has 2 N–H and O–H groups in total. The number of benzene rings is 1. The monoisotopic (exact) mass is 336 g/mol. The van der Waals surface area contributed by atoms with Crippen molar-refractivity contribution in [2.45, 2.75) is 32.4 Å². The summed E-state index contributed by atoms with van der Waals surface area (Å²) in [5.41, 5.74) is 7.77. The van der Waals surface area contributed by atoms with E-state index in [9.17, 15) is 4.79 Å². The molecule has 0 aliphatic carbocycles. The van der Waals surface area contributed by atoms with E-state index in [4.69, 9.17) is 5.73 Å². The maximum atomic E-state index is 12.3. The van der Waals surface area contributed by atoms with E-state index >= 15 is 0 Å². The largest absolute Gasteiger partial charge is 0.337 e. The minimum Gasteiger partial charge on any atom is -0.337 e. The highest BCUT2D eigenvalue weighted by molar-refractivity contribution is 5.85. The van der Waals surface area contributed by atoms with E-state index in [1.165, 1.54) is 10.4 Å². The fourth-order valence-corrected chi connectivity index (χ4v) is 2.75. The smallest absolute Gasteiger partial charge is 0.246 e. The number of halogens is 1. The molecule has 1 unspecified atom stereocenters. The van der Waals surface area contributed by atoms with Gasteiger partial charge in [-0.2, -0.15) is 4.80 Å². The fourth-order valence-electron chi connectivity index (χ4n) is 2.75. The lowest BCUT2D eigenvalue weighted by Gasteiger charge is -2.22. The van der Waals surface area contributed by atoms with Crippen LogP contribution in [-0.4, -0.2) is 50.1 Å². The first-order chi connectivity index (χ1) is 10.7. The van der Waals surface area contributed by atoms with Gasteiger partial charge in [-0.25, -0.2) is 0 Å². The summed E-state index contributed by atoms with van der Waals surface area (Å²) >= 11 is 0. The highest BCUT2D eigenvalue weighted by Crippen LogP contribution is 2.17. The Morgan fingerprint density at radius 2 is 2.09 bits per heavy atom. The van der Waals surface area contributed by atoms with Gasteiger partial charge >= 0.3 is 0 Å². The minimum absolute atomic E-state index is 0. The number of nitrogens with two attached hydrogens (primary N) is 1. The molecule has 23 heavy (non-hydrogen) atoms. The normalized spacial score (nSPS) is 17.1. The van der Waals surface area contributed by atoms with Crippen LogP contribution in [0.5, 0.6) is 0 Å². The summed E-state index contributed by atoms with van der Waals surface area (Å²) in [7, 11) is 0. The molecule has 0 radical (unpaired) electrons. The van der Waals surface area contributed by atoms with Crippen LogP contribution in [0.2, 0.25) is 0 Å². The van der Waals surface area contributed by atoms with Gasteiger partial charge < -0.3 is 10.6 Å². The van der Waals surface area contributed by atoms with Gasteiger partial charge in [-0.05, 0) is 25.0 Å². The van der Waals surface area contributed by atoms with Crippen LogP contribution in [0, 0.1) is 6.92 Å². The first-order valence-electron chi connectivity index (χ1n) is 7.52. The van der Waals surface area contributed by atoms with Crippen molar-refractivity contribution in [1.82, 2.24) is 25.1 Å². The van der Waals surface area contributed by atoms with Gasteiger partial charge in [-0.3, -0.25) is 4.79 Å². The lowest BCUT2D eigenvalue weighted by Crippen LogP contribution is -2.41. The van der Waals surface area contributed by atoms with Gasteiger partial charge in [0.25, 0.3) is 0 Å². The molecular formula is C15H21ClN6O. The number of tetrazole rings is 1. The molecule has 124 valence electrons. The highest BCUT2D eigenvalue weighted by atomic mass is 35.5. The van der Waals surface area contributed by atoms with E-state index in [-0.39, 0.29) is 30.9 Å². The number of aryl methyl sites for hydroxylation is 1. The summed E-state index contributed by atoms with van der Waals surface area (Å²) in [6.07, 6.45) is 1.98. The van der Waals surface area contributed by atoms with Gasteiger partial charge in [0, 0.05) is 24.7 Å². The van der Waals surface area contributed by atoms with Crippen LogP contribution in [-0.2, 0) is 11.3 Å². The zero-order valence-electron chi connectivity index (χ0n) is 13.1. The van der Waals surface area contributed by atoms with E-state index in [2.05, 4.69) is 15.4 Å². The zero-order valence-corrected chi connectivity index (χ0v) is 13.9. The van der Waals surface area contributed by atoms with Gasteiger partial charge in [0.15, 0.2) is 0 Å². The summed E-state index contributed by atoms with van der Waals surface area (Å²) in [6.45, 7) is 3.40. The van der Waals surface area contributed by atoms with Crippen molar-refractivity contribution >= 4 is 18.3 Å². The molecule has 1 amide bonds. The van der Waals surface area contributed by atoms with Crippen molar-refractivity contribution in [2.75, 3.05) is 13.1 Å². The molecule has 8 heteroatoms. The second-order valence-corrected chi connectivity index (χ2v) is 5.63. The number of hydrogen-bond acceptors (Lipinski definition) is 5. The Balaban J connectivity index is 0.00000192. The Morgan fingerprint density at radius 1 is 1.35 bits per heavy atom. The minimum atomic E-state index is 0. The molecule has 1 fully saturated rings. The third-order valence-electron chi connectivity index (χ3n) is 4.01. The first kappa shape index (κ1) is 17.4. The summed E-state index contributed by atoms with van der Waals surface area (Å²) in [5, 5.41) is 12.3. The summed E-state index contributed by atoms with van der Waals surface area (Å²) in [6, 6.07) is 8.04. The average Bonchev–Trinajstić information content (AvgIpc) is 3.16. The standard InChI is InChI=1S/C15H20N6O.ClH/c1-11-4-6-12(7-5-11)15-17-19-21(18-15)10-14(22)20-8-2-3-13(20)9-16;/h4-7,13H,2-3,8-10,16H2,1H3;1H. The number of aromatic nitrogens is 4. The number of carbonyl (C=O) groups excluding carboxylic acids is 1. The van der Waals surface area contributed by atoms with Crippen LogP contribution in [0.4, 0.5) is 0 Å². The molecule has 1 aromatic carbocycles. The van der Waals surface area contributed by atoms with E-state index in [1.807, 2.05) is 36.1 Å². The van der Waals surface area contributed by atoms with Crippen molar-refractivity contribution in [1.29, 1.82) is 0 Å². The fraction of sp³-hybridized carbons (Fsp3) is 0.467. The number of hydrogen-bond donors (Lipinski definition) is 1. The molecule has 7 nitrogen and oxygen atoms in total. The molecule has 1 aliphatic rings. The van der Waals surface area contributed by atoms with Gasteiger partial charge in [-0.15, -0.1) is 22.6 Å². The average molecular weight is 337 g/mol. The first-order valence-corrected chi connectivity index (χ1v) is 7.52. The Kier molecular flexibility index (Phi) is 5.68. The Bertz CT molecular complexity index is 656. The molecule has 0 saturated carbocycles. The third-order valence-corrected chi connectivity index (χ3v) is 4.01. The summed E-state index contributed by atoms with van der Waals surface area (Å²) in [5.74, 6) is 0.533. The van der Waals surface area contributed by atoms with Crippen molar-refractivity contribution in [3.63, 3.8) is 0 Å². The van der Waals surface area contributed by atoms with E-state index in [0.717, 1.165) is 24.9 Å². The van der Waals surface area contributed by atoms with Crippen LogP contribution in [0.1, 0.15) is 18.4 Å². The van der Waals surface area contributed by atoms with Gasteiger partial charge in [0.05, 0.1) is 0 Å². The molecule has 3 rings (SSSR count). The Hall–Kier alpha value is -1.99. The van der Waals surface area contributed by atoms with E-state index in [1.54, 1.807) is 0 Å². The van der Waals surface area contributed by atoms with Crippen LogP contribution in [0.25, 0.3) is 11.4 Å². The molecule has 1 aliphatic heterocycles. The Labute approximate surface area is 141 Å². The second-order valence-electron chi connectivity index (χ2n) is 5.63. The predicted octanol–water partition coefficient (Wildman–Crippen LogP) is 1.02. The molecule has 0 spiro atoms. The van der Waals surface area contributed by atoms with Crippen LogP contribution >= 0.6 is 12.4 Å². The van der Waals surface area contributed by atoms with Gasteiger partial charge in [-0.1, -0.05) is 29.8 Å². The molecule has 1 aromatic heterocycles. The number of carbonyl (C=O) groups is 1. The number of rotatable bonds is 4. The van der Waals surface area contributed by atoms with Crippen LogP contribution in [0.3, 0.4) is 0 Å². The van der Waals surface area contributed by atoms with Gasteiger partial charge in [0.1, 0.15) is 6.54 Å². The molecule has 2 aromatic rings. The van der Waals surface area contributed by atoms with Crippen molar-refractivity contribution in [3.05, 3.63) is 29.8 Å². The second kappa shape index (κ2) is 7.52. The molecule has 1 atom stereocenters. The topological polar surface area (TPSA) is 89.9 Å². The van der Waals surface area contributed by atoms with E-state index in [0.29, 0.717) is 12.4 Å². The third kappa shape index (κ3) is 3.86. The van der Waals surface area contributed by atoms with Crippen molar-refractivity contribution in [2.24, 2.45) is 5.73 Å². The van der Waals surface area contributed by atoms with Crippen LogP contribution < -0.4 is 5.73 Å². The van der Waals surface area contributed by atoms with Crippen molar-refractivity contribution in [3.8, 4) is 11.4 Å². The quantitative estimate of drug-likeness (QED) is 0.900. The molecule has 0 bridgehead atoms. The maximum absolute atomic E-state index is 12.3. The lowest BCUT2D eigenvalue weighted by atomic mass is 10.1. The molecule has 1 saturated heterocycles. The SMILES string of the molecule is Cc1ccc(-c2nnn(CC(=O)N3CCCC3CN)n2)cc1.Cl. The van der Waals surface area contributed by atoms with Gasteiger partial charge in [0.2, 0.25) is 11.7 Å². The number of likely N-dealkylation sites (tertiary alicyclic amines) is 1. The number of amides is 1.